The highest BCUT2D eigenvalue weighted by Gasteiger charge is 2.09. The summed E-state index contributed by atoms with van der Waals surface area (Å²) in [7, 11) is 0. The molecule has 0 saturated heterocycles. The number of amides is 1. The molecule has 0 aliphatic carbocycles. The van der Waals surface area contributed by atoms with Gasteiger partial charge in [0.25, 0.3) is 0 Å². The Hall–Kier alpha value is -3.53. The third-order valence-electron chi connectivity index (χ3n) is 3.57. The molecule has 0 spiro atoms. The lowest BCUT2D eigenvalue weighted by Crippen LogP contribution is -2.20. The topological polar surface area (TPSA) is 96.5 Å². The number of rotatable bonds is 5. The van der Waals surface area contributed by atoms with Gasteiger partial charge in [0.1, 0.15) is 6.54 Å². The molecule has 124 valence electrons. The van der Waals surface area contributed by atoms with Crippen molar-refractivity contribution in [2.75, 3.05) is 5.32 Å². The molecule has 0 radical (unpaired) electrons. The number of carbonyl (C=O) groups excluding carboxylic acids is 1. The molecule has 7 heteroatoms. The van der Waals surface area contributed by atoms with Crippen molar-refractivity contribution >= 4 is 11.6 Å². The standard InChI is InChI=1S/C18H16N6O/c1-13-2-6-15(7-3-13)18-21-23-24(22-18)12-17(25)20-16-8-4-14(5-9-16)10-11-19/h2-9H,10,12H2,1H3,(H,20,25). The number of nitrogens with zero attached hydrogens (tertiary/aromatic N) is 5. The number of nitrogens with one attached hydrogen (secondary N) is 1. The van der Waals surface area contributed by atoms with E-state index in [-0.39, 0.29) is 12.5 Å². The number of aryl methyl sites for hydroxylation is 1. The van der Waals surface area contributed by atoms with E-state index in [1.807, 2.05) is 43.3 Å². The molecule has 1 N–H and O–H groups in total. The predicted octanol–water partition coefficient (Wildman–Crippen LogP) is 2.35. The van der Waals surface area contributed by atoms with E-state index < -0.39 is 0 Å². The predicted molar refractivity (Wildman–Crippen MR) is 92.4 cm³/mol. The molecule has 0 unspecified atom stereocenters. The van der Waals surface area contributed by atoms with Crippen LogP contribution in [0.4, 0.5) is 5.69 Å². The SMILES string of the molecule is Cc1ccc(-c2nnn(CC(=O)Nc3ccc(CC#N)cc3)n2)cc1. The van der Waals surface area contributed by atoms with Crippen LogP contribution in [0.1, 0.15) is 11.1 Å². The zero-order valence-corrected chi connectivity index (χ0v) is 13.7. The second-order valence-electron chi connectivity index (χ2n) is 5.59. The van der Waals surface area contributed by atoms with Crippen LogP contribution in [0.15, 0.2) is 48.5 Å². The van der Waals surface area contributed by atoms with E-state index >= 15 is 0 Å². The van der Waals surface area contributed by atoms with Gasteiger partial charge in [-0.25, -0.2) is 0 Å². The van der Waals surface area contributed by atoms with Crippen molar-refractivity contribution in [1.82, 2.24) is 20.2 Å². The minimum absolute atomic E-state index is 0.0290. The van der Waals surface area contributed by atoms with Crippen LogP contribution in [0.3, 0.4) is 0 Å². The maximum atomic E-state index is 12.1. The molecule has 0 atom stereocenters. The summed E-state index contributed by atoms with van der Waals surface area (Å²) in [6, 6.07) is 17.0. The monoisotopic (exact) mass is 332 g/mol. The number of hydrogen-bond acceptors (Lipinski definition) is 5. The summed E-state index contributed by atoms with van der Waals surface area (Å²) in [5.41, 5.74) is 3.56. The lowest BCUT2D eigenvalue weighted by atomic mass is 10.1. The Kier molecular flexibility index (Phi) is 4.81. The van der Waals surface area contributed by atoms with E-state index in [0.29, 0.717) is 17.9 Å². The molecule has 3 aromatic rings. The number of hydrogen-bond donors (Lipinski definition) is 1. The van der Waals surface area contributed by atoms with Crippen LogP contribution in [0.2, 0.25) is 0 Å². The quantitative estimate of drug-likeness (QED) is 0.773. The van der Waals surface area contributed by atoms with Crippen molar-refractivity contribution in [2.24, 2.45) is 0 Å². The molecule has 0 fully saturated rings. The van der Waals surface area contributed by atoms with Gasteiger partial charge in [0, 0.05) is 11.3 Å². The molecular formula is C18H16N6O. The van der Waals surface area contributed by atoms with Crippen molar-refractivity contribution < 1.29 is 4.79 Å². The smallest absolute Gasteiger partial charge is 0.248 e. The van der Waals surface area contributed by atoms with Crippen LogP contribution < -0.4 is 5.32 Å². The second kappa shape index (κ2) is 7.36. The second-order valence-corrected chi connectivity index (χ2v) is 5.59. The van der Waals surface area contributed by atoms with Gasteiger partial charge in [-0.3, -0.25) is 4.79 Å². The van der Waals surface area contributed by atoms with Gasteiger partial charge < -0.3 is 5.32 Å². The maximum absolute atomic E-state index is 12.1. The molecule has 1 heterocycles. The zero-order valence-electron chi connectivity index (χ0n) is 13.7. The van der Waals surface area contributed by atoms with Crippen molar-refractivity contribution in [3.8, 4) is 17.5 Å². The summed E-state index contributed by atoms with van der Waals surface area (Å²) in [5.74, 6) is 0.231. The lowest BCUT2D eigenvalue weighted by molar-refractivity contribution is -0.117. The molecule has 1 aromatic heterocycles. The number of carbonyl (C=O) groups is 1. The number of benzene rings is 2. The lowest BCUT2D eigenvalue weighted by Gasteiger charge is -2.05. The third kappa shape index (κ3) is 4.26. The van der Waals surface area contributed by atoms with Gasteiger partial charge in [0.05, 0.1) is 12.5 Å². The molecule has 0 aliphatic rings. The molecule has 25 heavy (non-hydrogen) atoms. The summed E-state index contributed by atoms with van der Waals surface area (Å²) in [6.07, 6.45) is 0.346. The Bertz CT molecular complexity index is 906. The summed E-state index contributed by atoms with van der Waals surface area (Å²) in [4.78, 5) is 13.3. The average molecular weight is 332 g/mol. The Morgan fingerprint density at radius 1 is 1.16 bits per heavy atom. The van der Waals surface area contributed by atoms with E-state index in [2.05, 4.69) is 26.8 Å². The van der Waals surface area contributed by atoms with E-state index in [1.54, 1.807) is 12.1 Å². The number of anilines is 1. The number of aromatic nitrogens is 4. The fraction of sp³-hybridized carbons (Fsp3) is 0.167. The van der Waals surface area contributed by atoms with Crippen molar-refractivity contribution in [3.63, 3.8) is 0 Å². The van der Waals surface area contributed by atoms with E-state index in [4.69, 9.17) is 5.26 Å². The maximum Gasteiger partial charge on any atom is 0.248 e. The minimum atomic E-state index is -0.249. The van der Waals surface area contributed by atoms with Gasteiger partial charge in [0.15, 0.2) is 0 Å². The first-order valence-corrected chi connectivity index (χ1v) is 7.74. The Balaban J connectivity index is 1.61. The fourth-order valence-electron chi connectivity index (χ4n) is 2.25. The zero-order chi connectivity index (χ0) is 17.6. The number of nitriles is 1. The number of tetrazole rings is 1. The van der Waals surface area contributed by atoms with Crippen LogP contribution in [-0.2, 0) is 17.8 Å². The highest BCUT2D eigenvalue weighted by Crippen LogP contribution is 2.14. The summed E-state index contributed by atoms with van der Waals surface area (Å²) in [6.45, 7) is 1.98. The van der Waals surface area contributed by atoms with Crippen molar-refractivity contribution in [3.05, 3.63) is 59.7 Å². The van der Waals surface area contributed by atoms with Gasteiger partial charge in [0.2, 0.25) is 11.7 Å². The molecular weight excluding hydrogens is 316 g/mol. The van der Waals surface area contributed by atoms with E-state index in [9.17, 15) is 4.79 Å². The van der Waals surface area contributed by atoms with Gasteiger partial charge >= 0.3 is 0 Å². The molecule has 0 saturated carbocycles. The fourth-order valence-corrected chi connectivity index (χ4v) is 2.25. The normalized spacial score (nSPS) is 10.2. The van der Waals surface area contributed by atoms with E-state index in [1.165, 1.54) is 4.80 Å². The molecule has 2 aromatic carbocycles. The van der Waals surface area contributed by atoms with Crippen LogP contribution in [0.25, 0.3) is 11.4 Å². The molecule has 1 amide bonds. The summed E-state index contributed by atoms with van der Waals surface area (Å²) >= 11 is 0. The highest BCUT2D eigenvalue weighted by atomic mass is 16.2. The van der Waals surface area contributed by atoms with E-state index in [0.717, 1.165) is 16.7 Å². The Morgan fingerprint density at radius 2 is 1.88 bits per heavy atom. The molecule has 0 aliphatic heterocycles. The third-order valence-corrected chi connectivity index (χ3v) is 3.57. The summed E-state index contributed by atoms with van der Waals surface area (Å²) < 4.78 is 0. The average Bonchev–Trinajstić information content (AvgIpc) is 3.06. The first kappa shape index (κ1) is 16.3. The van der Waals surface area contributed by atoms with Gasteiger partial charge in [-0.1, -0.05) is 42.0 Å². The minimum Gasteiger partial charge on any atom is -0.324 e. The first-order chi connectivity index (χ1) is 12.1. The van der Waals surface area contributed by atoms with Crippen LogP contribution in [-0.4, -0.2) is 26.1 Å². The molecule has 0 bridgehead atoms. The molecule has 3 rings (SSSR count). The van der Waals surface area contributed by atoms with Crippen molar-refractivity contribution in [2.45, 2.75) is 19.9 Å². The summed E-state index contributed by atoms with van der Waals surface area (Å²) in [5, 5.41) is 23.5. The van der Waals surface area contributed by atoms with Gasteiger partial charge in [-0.05, 0) is 29.8 Å². The van der Waals surface area contributed by atoms with Crippen LogP contribution in [0.5, 0.6) is 0 Å². The Morgan fingerprint density at radius 3 is 2.56 bits per heavy atom. The Labute approximate surface area is 144 Å². The first-order valence-electron chi connectivity index (χ1n) is 7.74. The van der Waals surface area contributed by atoms with Crippen LogP contribution >= 0.6 is 0 Å². The molecule has 7 nitrogen and oxygen atoms in total. The van der Waals surface area contributed by atoms with Gasteiger partial charge in [-0.15, -0.1) is 10.2 Å². The largest absolute Gasteiger partial charge is 0.324 e. The van der Waals surface area contributed by atoms with Gasteiger partial charge in [-0.2, -0.15) is 10.1 Å². The highest BCUT2D eigenvalue weighted by molar-refractivity contribution is 5.90. The van der Waals surface area contributed by atoms with Crippen molar-refractivity contribution in [1.29, 1.82) is 5.26 Å². The van der Waals surface area contributed by atoms with Crippen LogP contribution in [0, 0.1) is 18.3 Å².